The second-order valence-corrected chi connectivity index (χ2v) is 9.48. The molecule has 0 unspecified atom stereocenters. The van der Waals surface area contributed by atoms with Crippen molar-refractivity contribution < 1.29 is 9.90 Å². The molecule has 0 saturated carbocycles. The van der Waals surface area contributed by atoms with E-state index in [-0.39, 0.29) is 17.4 Å². The molecule has 5 aromatic rings. The molecule has 0 aliphatic heterocycles. The lowest BCUT2D eigenvalue weighted by Crippen LogP contribution is -2.27. The van der Waals surface area contributed by atoms with Crippen LogP contribution in [0.5, 0.6) is 5.75 Å². The van der Waals surface area contributed by atoms with E-state index < -0.39 is 0 Å². The van der Waals surface area contributed by atoms with Gasteiger partial charge in [0.2, 0.25) is 0 Å². The molecule has 0 aliphatic rings. The molecule has 10 heteroatoms. The van der Waals surface area contributed by atoms with E-state index in [1.165, 1.54) is 6.07 Å². The van der Waals surface area contributed by atoms with Crippen LogP contribution in [0.2, 0.25) is 0 Å². The molecule has 0 bridgehead atoms. The van der Waals surface area contributed by atoms with Crippen molar-refractivity contribution in [1.82, 2.24) is 34.8 Å². The summed E-state index contributed by atoms with van der Waals surface area (Å²) in [6, 6.07) is 8.83. The Labute approximate surface area is 214 Å². The molecule has 0 fully saturated rings. The van der Waals surface area contributed by atoms with Gasteiger partial charge in [0.05, 0.1) is 17.2 Å². The lowest BCUT2D eigenvalue weighted by molar-refractivity contribution is 0.0781. The lowest BCUT2D eigenvalue weighted by Gasteiger charge is -2.18. The predicted octanol–water partition coefficient (Wildman–Crippen LogP) is 4.05. The molecule has 10 nitrogen and oxygen atoms in total. The van der Waals surface area contributed by atoms with Gasteiger partial charge in [0, 0.05) is 61.8 Å². The summed E-state index contributed by atoms with van der Waals surface area (Å²) in [5, 5.41) is 23.5. The quantitative estimate of drug-likeness (QED) is 0.363. The molecular weight excluding hydrogens is 468 g/mol. The Hall–Kier alpha value is -4.47. The largest absolute Gasteiger partial charge is 0.508 e. The van der Waals surface area contributed by atoms with Crippen LogP contribution < -0.4 is 4.90 Å². The number of carbonyl (C=O) groups is 1. The number of benzene rings is 2. The zero-order valence-corrected chi connectivity index (χ0v) is 21.9. The fourth-order valence-electron chi connectivity index (χ4n) is 4.61. The average molecular weight is 499 g/mol. The molecule has 5 rings (SSSR count). The van der Waals surface area contributed by atoms with Gasteiger partial charge >= 0.3 is 0 Å². The van der Waals surface area contributed by atoms with E-state index in [0.29, 0.717) is 23.3 Å². The van der Waals surface area contributed by atoms with E-state index >= 15 is 0 Å². The maximum atomic E-state index is 13.8. The number of hydrogen-bond acceptors (Lipinski definition) is 7. The number of nitrogens with zero attached hydrogens (tertiary/aromatic N) is 7. The van der Waals surface area contributed by atoms with Crippen LogP contribution in [0.15, 0.2) is 36.5 Å². The topological polar surface area (TPSA) is 116 Å². The van der Waals surface area contributed by atoms with Gasteiger partial charge in [0.25, 0.3) is 5.91 Å². The van der Waals surface area contributed by atoms with Gasteiger partial charge in [-0.2, -0.15) is 10.2 Å². The van der Waals surface area contributed by atoms with Gasteiger partial charge in [-0.25, -0.2) is 9.97 Å². The standard InChI is InChI=1S/C27H30N8O2/c1-7-35-16(3)17(13-28-35)14-34(6)27(37)24-20-11-18(36)8-9-22(20)29-25(30-24)19-12-21-23(10-15(19)2)31-32-26(21)33(4)5/h8-13,36H,7,14H2,1-6H3,(H,31,32). The highest BCUT2D eigenvalue weighted by molar-refractivity contribution is 6.05. The van der Waals surface area contributed by atoms with Crippen LogP contribution in [0.25, 0.3) is 33.2 Å². The van der Waals surface area contributed by atoms with Crippen molar-refractivity contribution in [3.05, 3.63) is 59.0 Å². The van der Waals surface area contributed by atoms with Crippen LogP contribution in [0.3, 0.4) is 0 Å². The van der Waals surface area contributed by atoms with Gasteiger partial charge in [0.1, 0.15) is 11.4 Å². The van der Waals surface area contributed by atoms with E-state index in [0.717, 1.165) is 45.6 Å². The van der Waals surface area contributed by atoms with Gasteiger partial charge < -0.3 is 14.9 Å². The third-order valence-electron chi connectivity index (χ3n) is 6.69. The number of phenols is 1. The fourth-order valence-corrected chi connectivity index (χ4v) is 4.61. The summed E-state index contributed by atoms with van der Waals surface area (Å²) in [5.74, 6) is 1.03. The van der Waals surface area contributed by atoms with E-state index in [1.54, 1.807) is 30.3 Å². The summed E-state index contributed by atoms with van der Waals surface area (Å²) < 4.78 is 1.90. The molecule has 0 atom stereocenters. The van der Waals surface area contributed by atoms with Crippen molar-refractivity contribution in [2.24, 2.45) is 0 Å². The smallest absolute Gasteiger partial charge is 0.273 e. The summed E-state index contributed by atoms with van der Waals surface area (Å²) in [4.78, 5) is 26.9. The number of H-pyrrole nitrogens is 1. The maximum Gasteiger partial charge on any atom is 0.273 e. The van der Waals surface area contributed by atoms with Gasteiger partial charge in [-0.3, -0.25) is 14.6 Å². The van der Waals surface area contributed by atoms with Crippen molar-refractivity contribution >= 4 is 33.5 Å². The Kier molecular flexibility index (Phi) is 6.02. The molecule has 0 radical (unpaired) electrons. The first kappa shape index (κ1) is 24.2. The number of nitrogens with one attached hydrogen (secondary N) is 1. The number of anilines is 1. The molecule has 1 amide bonds. The minimum Gasteiger partial charge on any atom is -0.508 e. The minimum absolute atomic E-state index is 0.0484. The Bertz CT molecular complexity index is 1650. The number of aromatic hydroxyl groups is 1. The number of carbonyl (C=O) groups excluding carboxylic acids is 1. The summed E-state index contributed by atoms with van der Waals surface area (Å²) in [6.45, 7) is 7.16. The minimum atomic E-state index is -0.265. The van der Waals surface area contributed by atoms with Gasteiger partial charge in [-0.1, -0.05) is 0 Å². The number of fused-ring (bicyclic) bond motifs is 2. The zero-order valence-electron chi connectivity index (χ0n) is 21.9. The molecule has 2 aromatic carbocycles. The summed E-state index contributed by atoms with van der Waals surface area (Å²) in [6.07, 6.45) is 1.80. The van der Waals surface area contributed by atoms with Crippen LogP contribution in [-0.2, 0) is 13.1 Å². The van der Waals surface area contributed by atoms with Crippen LogP contribution in [0.1, 0.15) is 34.2 Å². The molecule has 2 N–H and O–H groups in total. The third kappa shape index (κ3) is 4.24. The SMILES string of the molecule is CCn1ncc(CN(C)C(=O)c2nc(-c3cc4c(N(C)C)n[nH]c4cc3C)nc3ccc(O)cc23)c1C. The van der Waals surface area contributed by atoms with E-state index in [4.69, 9.17) is 9.97 Å². The molecule has 0 aliphatic carbocycles. The monoisotopic (exact) mass is 498 g/mol. The highest BCUT2D eigenvalue weighted by Gasteiger charge is 2.22. The van der Waals surface area contributed by atoms with Crippen molar-refractivity contribution in [3.8, 4) is 17.1 Å². The van der Waals surface area contributed by atoms with E-state index in [9.17, 15) is 9.90 Å². The molecule has 0 spiro atoms. The van der Waals surface area contributed by atoms with Crippen molar-refractivity contribution in [2.45, 2.75) is 33.9 Å². The molecule has 3 aromatic heterocycles. The van der Waals surface area contributed by atoms with Gasteiger partial charge in [0.15, 0.2) is 11.6 Å². The Morgan fingerprint density at radius 3 is 2.57 bits per heavy atom. The van der Waals surface area contributed by atoms with Crippen LogP contribution in [0, 0.1) is 13.8 Å². The molecule has 0 saturated heterocycles. The van der Waals surface area contributed by atoms with Crippen molar-refractivity contribution in [1.29, 1.82) is 0 Å². The first-order valence-electron chi connectivity index (χ1n) is 12.1. The highest BCUT2D eigenvalue weighted by Crippen LogP contribution is 2.32. The molecule has 37 heavy (non-hydrogen) atoms. The maximum absolute atomic E-state index is 13.8. The zero-order chi connectivity index (χ0) is 26.4. The molecule has 3 heterocycles. The highest BCUT2D eigenvalue weighted by atomic mass is 16.3. The number of aromatic nitrogens is 6. The Morgan fingerprint density at radius 2 is 1.86 bits per heavy atom. The molecule has 190 valence electrons. The lowest BCUT2D eigenvalue weighted by atomic mass is 10.0. The van der Waals surface area contributed by atoms with Crippen LogP contribution in [-0.4, -0.2) is 67.0 Å². The van der Waals surface area contributed by atoms with Crippen LogP contribution in [0.4, 0.5) is 5.82 Å². The summed E-state index contributed by atoms with van der Waals surface area (Å²) in [7, 11) is 5.62. The molecular formula is C27H30N8O2. The number of phenolic OH excluding ortho intramolecular Hbond substituents is 1. The van der Waals surface area contributed by atoms with Crippen molar-refractivity contribution in [3.63, 3.8) is 0 Å². The first-order chi connectivity index (χ1) is 17.7. The van der Waals surface area contributed by atoms with Crippen LogP contribution >= 0.6 is 0 Å². The second kappa shape index (κ2) is 9.20. The van der Waals surface area contributed by atoms with E-state index in [1.807, 2.05) is 56.6 Å². The number of aromatic amines is 1. The summed E-state index contributed by atoms with van der Waals surface area (Å²) in [5.41, 5.74) is 5.48. The number of amides is 1. The average Bonchev–Trinajstić information content (AvgIpc) is 3.45. The van der Waals surface area contributed by atoms with Gasteiger partial charge in [-0.05, 0) is 56.7 Å². The predicted molar refractivity (Wildman–Crippen MR) is 144 cm³/mol. The normalized spacial score (nSPS) is 11.4. The number of aryl methyl sites for hydroxylation is 2. The first-order valence-corrected chi connectivity index (χ1v) is 12.1. The number of rotatable bonds is 6. The van der Waals surface area contributed by atoms with E-state index in [2.05, 4.69) is 15.3 Å². The van der Waals surface area contributed by atoms with Crippen molar-refractivity contribution in [2.75, 3.05) is 26.0 Å². The Balaban J connectivity index is 1.63. The summed E-state index contributed by atoms with van der Waals surface area (Å²) >= 11 is 0. The Morgan fingerprint density at radius 1 is 1.08 bits per heavy atom. The fraction of sp³-hybridized carbons (Fsp3) is 0.296. The number of hydrogen-bond donors (Lipinski definition) is 2. The second-order valence-electron chi connectivity index (χ2n) is 9.48. The van der Waals surface area contributed by atoms with Gasteiger partial charge in [-0.15, -0.1) is 0 Å². The third-order valence-corrected chi connectivity index (χ3v) is 6.69.